The largest absolute Gasteiger partial charge is 0.339 e. The SMILES string of the molecule is CCC(c1noc(Cc2ccccc2)n1)N1CCNCC1. The van der Waals surface area contributed by atoms with Crippen LogP contribution in [-0.2, 0) is 6.42 Å². The second-order valence-corrected chi connectivity index (χ2v) is 5.42. The molecule has 0 radical (unpaired) electrons. The highest BCUT2D eigenvalue weighted by atomic mass is 16.5. The van der Waals surface area contributed by atoms with Crippen LogP contribution in [0.25, 0.3) is 0 Å². The van der Waals surface area contributed by atoms with Gasteiger partial charge in [0.25, 0.3) is 0 Å². The van der Waals surface area contributed by atoms with Gasteiger partial charge in [-0.25, -0.2) is 0 Å². The van der Waals surface area contributed by atoms with Crippen molar-refractivity contribution in [3.63, 3.8) is 0 Å². The molecule has 21 heavy (non-hydrogen) atoms. The van der Waals surface area contributed by atoms with Crippen molar-refractivity contribution in [2.75, 3.05) is 26.2 Å². The van der Waals surface area contributed by atoms with Gasteiger partial charge in [0.2, 0.25) is 5.89 Å². The molecule has 1 aromatic heterocycles. The van der Waals surface area contributed by atoms with E-state index in [9.17, 15) is 0 Å². The number of nitrogens with zero attached hydrogens (tertiary/aromatic N) is 3. The van der Waals surface area contributed by atoms with E-state index >= 15 is 0 Å². The molecule has 0 aliphatic carbocycles. The lowest BCUT2D eigenvalue weighted by Gasteiger charge is -2.32. The summed E-state index contributed by atoms with van der Waals surface area (Å²) in [5.74, 6) is 1.52. The van der Waals surface area contributed by atoms with E-state index in [0.717, 1.165) is 38.4 Å². The van der Waals surface area contributed by atoms with E-state index in [1.807, 2.05) is 18.2 Å². The van der Waals surface area contributed by atoms with E-state index in [1.165, 1.54) is 5.56 Å². The van der Waals surface area contributed by atoms with Crippen molar-refractivity contribution in [1.82, 2.24) is 20.4 Å². The molecule has 1 aliphatic heterocycles. The molecule has 0 amide bonds. The van der Waals surface area contributed by atoms with Crippen molar-refractivity contribution in [3.05, 3.63) is 47.6 Å². The molecule has 1 fully saturated rings. The summed E-state index contributed by atoms with van der Waals surface area (Å²) in [6.07, 6.45) is 1.70. The number of piperazine rings is 1. The summed E-state index contributed by atoms with van der Waals surface area (Å²) < 4.78 is 5.44. The van der Waals surface area contributed by atoms with Crippen molar-refractivity contribution < 1.29 is 4.52 Å². The van der Waals surface area contributed by atoms with Gasteiger partial charge >= 0.3 is 0 Å². The Morgan fingerprint density at radius 2 is 2.00 bits per heavy atom. The number of nitrogens with one attached hydrogen (secondary N) is 1. The van der Waals surface area contributed by atoms with Gasteiger partial charge in [0, 0.05) is 26.2 Å². The predicted octanol–water partition coefficient (Wildman–Crippen LogP) is 2.02. The topological polar surface area (TPSA) is 54.2 Å². The molecular weight excluding hydrogens is 264 g/mol. The Morgan fingerprint density at radius 3 is 2.71 bits per heavy atom. The number of benzene rings is 1. The monoisotopic (exact) mass is 286 g/mol. The molecule has 1 atom stereocenters. The van der Waals surface area contributed by atoms with Gasteiger partial charge in [0.15, 0.2) is 5.82 Å². The third kappa shape index (κ3) is 3.49. The van der Waals surface area contributed by atoms with Crippen LogP contribution in [0.5, 0.6) is 0 Å². The van der Waals surface area contributed by atoms with Gasteiger partial charge in [0.05, 0.1) is 12.5 Å². The molecule has 1 unspecified atom stereocenters. The van der Waals surface area contributed by atoms with Crippen molar-refractivity contribution in [2.45, 2.75) is 25.8 Å². The van der Waals surface area contributed by atoms with Crippen LogP contribution in [0, 0.1) is 0 Å². The molecule has 1 N–H and O–H groups in total. The average Bonchev–Trinajstić information content (AvgIpc) is 2.98. The van der Waals surface area contributed by atoms with Gasteiger partial charge < -0.3 is 9.84 Å². The normalized spacial score (nSPS) is 17.8. The average molecular weight is 286 g/mol. The van der Waals surface area contributed by atoms with Gasteiger partial charge in [-0.3, -0.25) is 4.90 Å². The zero-order chi connectivity index (χ0) is 14.5. The van der Waals surface area contributed by atoms with E-state index in [1.54, 1.807) is 0 Å². The Bertz CT molecular complexity index is 548. The van der Waals surface area contributed by atoms with E-state index in [0.29, 0.717) is 12.3 Å². The molecule has 112 valence electrons. The minimum absolute atomic E-state index is 0.264. The van der Waals surface area contributed by atoms with Crippen molar-refractivity contribution >= 4 is 0 Å². The zero-order valence-electron chi connectivity index (χ0n) is 12.5. The van der Waals surface area contributed by atoms with Gasteiger partial charge in [-0.2, -0.15) is 4.98 Å². The first-order chi connectivity index (χ1) is 10.4. The van der Waals surface area contributed by atoms with E-state index < -0.39 is 0 Å². The minimum atomic E-state index is 0.264. The van der Waals surface area contributed by atoms with Crippen molar-refractivity contribution in [2.24, 2.45) is 0 Å². The molecule has 1 saturated heterocycles. The summed E-state index contributed by atoms with van der Waals surface area (Å²) in [4.78, 5) is 7.05. The van der Waals surface area contributed by atoms with Gasteiger partial charge in [-0.05, 0) is 12.0 Å². The van der Waals surface area contributed by atoms with E-state index in [-0.39, 0.29) is 6.04 Å². The lowest BCUT2D eigenvalue weighted by atomic mass is 10.1. The quantitative estimate of drug-likeness (QED) is 0.911. The summed E-state index contributed by atoms with van der Waals surface area (Å²) in [5, 5.41) is 7.59. The highest BCUT2D eigenvalue weighted by molar-refractivity contribution is 5.18. The first-order valence-corrected chi connectivity index (χ1v) is 7.68. The first-order valence-electron chi connectivity index (χ1n) is 7.68. The summed E-state index contributed by atoms with van der Waals surface area (Å²) in [6, 6.07) is 10.5. The lowest BCUT2D eigenvalue weighted by molar-refractivity contribution is 0.160. The molecule has 2 aromatic rings. The summed E-state index contributed by atoms with van der Waals surface area (Å²) >= 11 is 0. The van der Waals surface area contributed by atoms with Crippen LogP contribution in [0.4, 0.5) is 0 Å². The van der Waals surface area contributed by atoms with Gasteiger partial charge in [-0.1, -0.05) is 42.4 Å². The van der Waals surface area contributed by atoms with Crippen LogP contribution in [0.15, 0.2) is 34.9 Å². The molecule has 1 aliphatic rings. The fraction of sp³-hybridized carbons (Fsp3) is 0.500. The molecular formula is C16H22N4O. The maximum Gasteiger partial charge on any atom is 0.231 e. The molecule has 3 rings (SSSR count). The third-order valence-electron chi connectivity index (χ3n) is 3.96. The van der Waals surface area contributed by atoms with E-state index in [4.69, 9.17) is 4.52 Å². The van der Waals surface area contributed by atoms with Crippen LogP contribution in [0.1, 0.15) is 36.7 Å². The van der Waals surface area contributed by atoms with E-state index in [2.05, 4.69) is 39.4 Å². The molecule has 0 bridgehead atoms. The second-order valence-electron chi connectivity index (χ2n) is 5.42. The Morgan fingerprint density at radius 1 is 1.24 bits per heavy atom. The maximum atomic E-state index is 5.44. The Hall–Kier alpha value is -1.72. The summed E-state index contributed by atoms with van der Waals surface area (Å²) in [6.45, 7) is 6.33. The highest BCUT2D eigenvalue weighted by Gasteiger charge is 2.24. The summed E-state index contributed by atoms with van der Waals surface area (Å²) in [5.41, 5.74) is 1.20. The minimum Gasteiger partial charge on any atom is -0.339 e. The second kappa shape index (κ2) is 6.83. The molecule has 1 aromatic carbocycles. The summed E-state index contributed by atoms with van der Waals surface area (Å²) in [7, 11) is 0. The zero-order valence-corrected chi connectivity index (χ0v) is 12.5. The smallest absolute Gasteiger partial charge is 0.231 e. The number of aromatic nitrogens is 2. The Balaban J connectivity index is 1.70. The molecule has 0 spiro atoms. The number of hydrogen-bond acceptors (Lipinski definition) is 5. The van der Waals surface area contributed by atoms with Gasteiger partial charge in [-0.15, -0.1) is 0 Å². The Kier molecular flexibility index (Phi) is 4.62. The van der Waals surface area contributed by atoms with Crippen LogP contribution in [0.2, 0.25) is 0 Å². The van der Waals surface area contributed by atoms with Crippen LogP contribution in [-0.4, -0.2) is 41.2 Å². The van der Waals surface area contributed by atoms with Crippen LogP contribution >= 0.6 is 0 Å². The third-order valence-corrected chi connectivity index (χ3v) is 3.96. The molecule has 0 saturated carbocycles. The van der Waals surface area contributed by atoms with Crippen LogP contribution < -0.4 is 5.32 Å². The number of rotatable bonds is 5. The lowest BCUT2D eigenvalue weighted by Crippen LogP contribution is -2.45. The molecule has 5 heteroatoms. The number of hydrogen-bond donors (Lipinski definition) is 1. The maximum absolute atomic E-state index is 5.44. The van der Waals surface area contributed by atoms with Crippen LogP contribution in [0.3, 0.4) is 0 Å². The highest BCUT2D eigenvalue weighted by Crippen LogP contribution is 2.22. The van der Waals surface area contributed by atoms with Crippen molar-refractivity contribution in [1.29, 1.82) is 0 Å². The van der Waals surface area contributed by atoms with Crippen molar-refractivity contribution in [3.8, 4) is 0 Å². The fourth-order valence-electron chi connectivity index (χ4n) is 2.84. The van der Waals surface area contributed by atoms with Gasteiger partial charge in [0.1, 0.15) is 0 Å². The Labute approximate surface area is 125 Å². The fourth-order valence-corrected chi connectivity index (χ4v) is 2.84. The first kappa shape index (κ1) is 14.2. The standard InChI is InChI=1S/C16H22N4O/c1-2-14(20-10-8-17-9-11-20)16-18-15(21-19-16)12-13-6-4-3-5-7-13/h3-7,14,17H,2,8-12H2,1H3. The molecule has 2 heterocycles. The predicted molar refractivity (Wildman–Crippen MR) is 81.0 cm³/mol. The molecule has 5 nitrogen and oxygen atoms in total.